The standard InChI is InChI=1S/C18H23N3/c1-12(20(4)5)15-7-9-16(10-8-15)18-14(3)21(6)13(2)17(18)11-19/h7-10,12H,1-6H3/t12-/m1/s1. The van der Waals surface area contributed by atoms with Gasteiger partial charge in [-0.15, -0.1) is 0 Å². The molecule has 0 aliphatic heterocycles. The van der Waals surface area contributed by atoms with E-state index in [-0.39, 0.29) is 0 Å². The third-order valence-electron chi connectivity index (χ3n) is 4.55. The van der Waals surface area contributed by atoms with E-state index in [9.17, 15) is 5.26 Å². The molecule has 2 rings (SSSR count). The van der Waals surface area contributed by atoms with Gasteiger partial charge in [0.2, 0.25) is 0 Å². The SMILES string of the molecule is Cc1c(C#N)c(-c2ccc([C@@H](C)N(C)C)cc2)c(C)n1C. The predicted molar refractivity (Wildman–Crippen MR) is 87.1 cm³/mol. The molecule has 0 saturated heterocycles. The maximum atomic E-state index is 9.44. The molecule has 21 heavy (non-hydrogen) atoms. The molecular formula is C18H23N3. The van der Waals surface area contributed by atoms with Gasteiger partial charge in [-0.2, -0.15) is 5.26 Å². The van der Waals surface area contributed by atoms with Crippen molar-refractivity contribution >= 4 is 0 Å². The van der Waals surface area contributed by atoms with E-state index in [0.29, 0.717) is 6.04 Å². The lowest BCUT2D eigenvalue weighted by atomic mass is 9.98. The Hall–Kier alpha value is -2.05. The Morgan fingerprint density at radius 3 is 2.14 bits per heavy atom. The van der Waals surface area contributed by atoms with Crippen molar-refractivity contribution in [3.63, 3.8) is 0 Å². The number of benzene rings is 1. The molecule has 1 atom stereocenters. The van der Waals surface area contributed by atoms with E-state index >= 15 is 0 Å². The minimum Gasteiger partial charge on any atom is -0.350 e. The highest BCUT2D eigenvalue weighted by molar-refractivity contribution is 5.75. The van der Waals surface area contributed by atoms with Crippen LogP contribution in [0.1, 0.15) is 35.5 Å². The molecule has 0 saturated carbocycles. The number of hydrogen-bond donors (Lipinski definition) is 0. The van der Waals surface area contributed by atoms with E-state index in [0.717, 1.165) is 28.1 Å². The van der Waals surface area contributed by atoms with E-state index in [1.54, 1.807) is 0 Å². The van der Waals surface area contributed by atoms with Crippen LogP contribution in [0, 0.1) is 25.2 Å². The Morgan fingerprint density at radius 1 is 1.10 bits per heavy atom. The van der Waals surface area contributed by atoms with Gasteiger partial charge >= 0.3 is 0 Å². The van der Waals surface area contributed by atoms with Gasteiger partial charge in [0.05, 0.1) is 5.56 Å². The van der Waals surface area contributed by atoms with Gasteiger partial charge in [-0.3, -0.25) is 0 Å². The maximum Gasteiger partial charge on any atom is 0.102 e. The summed E-state index contributed by atoms with van der Waals surface area (Å²) in [7, 11) is 6.17. The van der Waals surface area contributed by atoms with Crippen LogP contribution in [0.2, 0.25) is 0 Å². The van der Waals surface area contributed by atoms with Crippen molar-refractivity contribution in [2.24, 2.45) is 7.05 Å². The lowest BCUT2D eigenvalue weighted by Crippen LogP contribution is -2.16. The number of nitriles is 1. The summed E-state index contributed by atoms with van der Waals surface area (Å²) in [4.78, 5) is 2.19. The second-order valence-corrected chi connectivity index (χ2v) is 5.85. The molecule has 0 aliphatic carbocycles. The van der Waals surface area contributed by atoms with Crippen molar-refractivity contribution in [1.82, 2.24) is 9.47 Å². The Morgan fingerprint density at radius 2 is 1.67 bits per heavy atom. The molecule has 0 aliphatic rings. The molecule has 0 unspecified atom stereocenters. The summed E-state index contributed by atoms with van der Waals surface area (Å²) < 4.78 is 2.09. The Kier molecular flexibility index (Phi) is 4.20. The van der Waals surface area contributed by atoms with Gasteiger partial charge in [0.15, 0.2) is 0 Å². The van der Waals surface area contributed by atoms with Crippen LogP contribution >= 0.6 is 0 Å². The first kappa shape index (κ1) is 15.3. The maximum absolute atomic E-state index is 9.44. The first-order chi connectivity index (χ1) is 9.88. The fourth-order valence-electron chi connectivity index (χ4n) is 2.67. The fraction of sp³-hybridized carbons (Fsp3) is 0.389. The van der Waals surface area contributed by atoms with Crippen LogP contribution in [0.3, 0.4) is 0 Å². The van der Waals surface area contributed by atoms with Gasteiger partial charge < -0.3 is 9.47 Å². The Balaban J connectivity index is 2.50. The second-order valence-electron chi connectivity index (χ2n) is 5.85. The molecule has 0 radical (unpaired) electrons. The van der Waals surface area contributed by atoms with Gasteiger partial charge in [-0.1, -0.05) is 24.3 Å². The summed E-state index contributed by atoms with van der Waals surface area (Å²) in [6, 6.07) is 11.3. The molecule has 1 aromatic heterocycles. The minimum atomic E-state index is 0.382. The summed E-state index contributed by atoms with van der Waals surface area (Å²) in [5.74, 6) is 0. The quantitative estimate of drug-likeness (QED) is 0.857. The molecule has 0 bridgehead atoms. The Bertz CT molecular complexity index is 685. The zero-order valence-corrected chi connectivity index (χ0v) is 13.7. The van der Waals surface area contributed by atoms with Crippen molar-refractivity contribution in [3.8, 4) is 17.2 Å². The molecule has 0 amide bonds. The summed E-state index contributed by atoms with van der Waals surface area (Å²) in [5.41, 5.74) is 6.40. The van der Waals surface area contributed by atoms with E-state index in [1.165, 1.54) is 5.56 Å². The van der Waals surface area contributed by atoms with Gasteiger partial charge in [0, 0.05) is 30.0 Å². The lowest BCUT2D eigenvalue weighted by Gasteiger charge is -2.20. The second kappa shape index (κ2) is 5.75. The third-order valence-corrected chi connectivity index (χ3v) is 4.55. The molecule has 3 nitrogen and oxygen atoms in total. The molecular weight excluding hydrogens is 258 g/mol. The van der Waals surface area contributed by atoms with Crippen molar-refractivity contribution in [2.75, 3.05) is 14.1 Å². The molecule has 0 fully saturated rings. The fourth-order valence-corrected chi connectivity index (χ4v) is 2.67. The molecule has 3 heteroatoms. The van der Waals surface area contributed by atoms with Crippen molar-refractivity contribution in [1.29, 1.82) is 5.26 Å². The van der Waals surface area contributed by atoms with Crippen molar-refractivity contribution in [2.45, 2.75) is 26.8 Å². The Labute approximate surface area is 127 Å². The van der Waals surface area contributed by atoms with Crippen LogP contribution in [0.4, 0.5) is 0 Å². The van der Waals surface area contributed by atoms with Gasteiger partial charge in [-0.25, -0.2) is 0 Å². The minimum absolute atomic E-state index is 0.382. The molecule has 0 spiro atoms. The van der Waals surface area contributed by atoms with Gasteiger partial charge in [-0.05, 0) is 46.0 Å². The number of nitrogens with zero attached hydrogens (tertiary/aromatic N) is 3. The molecule has 0 N–H and O–H groups in total. The number of hydrogen-bond acceptors (Lipinski definition) is 2. The first-order valence-electron chi connectivity index (χ1n) is 7.21. The number of aromatic nitrogens is 1. The van der Waals surface area contributed by atoms with E-state index < -0.39 is 0 Å². The topological polar surface area (TPSA) is 32.0 Å². The van der Waals surface area contributed by atoms with Crippen LogP contribution < -0.4 is 0 Å². The lowest BCUT2D eigenvalue weighted by molar-refractivity contribution is 0.321. The van der Waals surface area contributed by atoms with Crippen LogP contribution in [-0.2, 0) is 7.05 Å². The molecule has 1 aromatic carbocycles. The monoisotopic (exact) mass is 281 g/mol. The average molecular weight is 281 g/mol. The smallest absolute Gasteiger partial charge is 0.102 e. The van der Waals surface area contributed by atoms with E-state index in [4.69, 9.17) is 0 Å². The van der Waals surface area contributed by atoms with E-state index in [2.05, 4.69) is 67.7 Å². The van der Waals surface area contributed by atoms with Crippen molar-refractivity contribution in [3.05, 3.63) is 46.8 Å². The summed E-state index contributed by atoms with van der Waals surface area (Å²) in [6.07, 6.45) is 0. The highest BCUT2D eigenvalue weighted by Crippen LogP contribution is 2.32. The van der Waals surface area contributed by atoms with Gasteiger partial charge in [0.1, 0.15) is 6.07 Å². The zero-order valence-electron chi connectivity index (χ0n) is 13.7. The summed E-state index contributed by atoms with van der Waals surface area (Å²) >= 11 is 0. The van der Waals surface area contributed by atoms with Crippen LogP contribution in [-0.4, -0.2) is 23.6 Å². The molecule has 1 heterocycles. The average Bonchev–Trinajstić information content (AvgIpc) is 2.70. The van der Waals surface area contributed by atoms with E-state index in [1.807, 2.05) is 14.0 Å². The largest absolute Gasteiger partial charge is 0.350 e. The van der Waals surface area contributed by atoms with Crippen molar-refractivity contribution < 1.29 is 0 Å². The van der Waals surface area contributed by atoms with Crippen LogP contribution in [0.5, 0.6) is 0 Å². The molecule has 2 aromatic rings. The highest BCUT2D eigenvalue weighted by Gasteiger charge is 2.17. The normalized spacial score (nSPS) is 12.5. The summed E-state index contributed by atoms with van der Waals surface area (Å²) in [5, 5.41) is 9.44. The number of rotatable bonds is 3. The predicted octanol–water partition coefficient (Wildman–Crippen LogP) is 3.80. The summed E-state index contributed by atoms with van der Waals surface area (Å²) in [6.45, 7) is 6.25. The molecule has 110 valence electrons. The third kappa shape index (κ3) is 2.59. The highest BCUT2D eigenvalue weighted by atomic mass is 15.1. The van der Waals surface area contributed by atoms with Crippen LogP contribution in [0.25, 0.3) is 11.1 Å². The zero-order chi connectivity index (χ0) is 15.7. The van der Waals surface area contributed by atoms with Crippen LogP contribution in [0.15, 0.2) is 24.3 Å². The van der Waals surface area contributed by atoms with Gasteiger partial charge in [0.25, 0.3) is 0 Å². The first-order valence-corrected chi connectivity index (χ1v) is 7.21.